The van der Waals surface area contributed by atoms with Crippen molar-refractivity contribution in [3.05, 3.63) is 71.0 Å². The van der Waals surface area contributed by atoms with Crippen molar-refractivity contribution in [3.63, 3.8) is 0 Å². The molecule has 0 aliphatic carbocycles. The van der Waals surface area contributed by atoms with E-state index in [9.17, 15) is 9.59 Å². The first-order chi connectivity index (χ1) is 14.0. The molecule has 0 saturated carbocycles. The number of nitrogens with one attached hydrogen (secondary N) is 1. The molecule has 0 radical (unpaired) electrons. The minimum Gasteiger partial charge on any atom is -0.482 e. The lowest BCUT2D eigenvalue weighted by Crippen LogP contribution is -2.15. The summed E-state index contributed by atoms with van der Waals surface area (Å²) in [7, 11) is 0. The van der Waals surface area contributed by atoms with Gasteiger partial charge in [-0.1, -0.05) is 23.7 Å². The molecule has 0 atom stereocenters. The number of carbonyl (C=O) groups excluding carboxylic acids is 2. The van der Waals surface area contributed by atoms with Crippen LogP contribution >= 0.6 is 11.6 Å². The van der Waals surface area contributed by atoms with Crippen LogP contribution < -0.4 is 10.1 Å². The highest BCUT2D eigenvalue weighted by atomic mass is 35.5. The van der Waals surface area contributed by atoms with Crippen LogP contribution in [0.15, 0.2) is 54.7 Å². The molecule has 29 heavy (non-hydrogen) atoms. The molecule has 1 amide bonds. The maximum absolute atomic E-state index is 12.7. The lowest BCUT2D eigenvalue weighted by atomic mass is 10.2. The Bertz CT molecular complexity index is 1030. The summed E-state index contributed by atoms with van der Waals surface area (Å²) in [4.78, 5) is 24.1. The topological polar surface area (TPSA) is 82.4 Å². The molecule has 1 aromatic heterocycles. The highest BCUT2D eigenvalue weighted by molar-refractivity contribution is 6.30. The number of nitrogens with zero attached hydrogens (tertiary/aromatic N) is 2. The molecule has 0 bridgehead atoms. The number of anilines is 1. The molecule has 1 N–H and O–H groups in total. The van der Waals surface area contributed by atoms with Crippen molar-refractivity contribution < 1.29 is 19.1 Å². The van der Waals surface area contributed by atoms with Crippen molar-refractivity contribution >= 4 is 29.2 Å². The zero-order chi connectivity index (χ0) is 20.8. The number of esters is 1. The predicted octanol–water partition coefficient (Wildman–Crippen LogP) is 4.03. The number of amides is 1. The third-order valence-electron chi connectivity index (χ3n) is 4.06. The van der Waals surface area contributed by atoms with Crippen LogP contribution in [0.3, 0.4) is 0 Å². The highest BCUT2D eigenvalue weighted by Gasteiger charge is 2.16. The molecular formula is C21H20ClN3O4. The van der Waals surface area contributed by atoms with Crippen LogP contribution in [0.4, 0.5) is 5.69 Å². The number of hydrogen-bond acceptors (Lipinski definition) is 5. The fourth-order valence-electron chi connectivity index (χ4n) is 2.71. The summed E-state index contributed by atoms with van der Waals surface area (Å²) in [5.74, 6) is -0.313. The van der Waals surface area contributed by atoms with Crippen LogP contribution in [0.2, 0.25) is 5.02 Å². The van der Waals surface area contributed by atoms with Crippen LogP contribution in [-0.2, 0) is 9.53 Å². The van der Waals surface area contributed by atoms with E-state index >= 15 is 0 Å². The normalized spacial score (nSPS) is 10.4. The van der Waals surface area contributed by atoms with Crippen LogP contribution in [0.5, 0.6) is 5.75 Å². The van der Waals surface area contributed by atoms with Crippen molar-refractivity contribution in [2.75, 3.05) is 18.5 Å². The Morgan fingerprint density at radius 2 is 1.97 bits per heavy atom. The fraction of sp³-hybridized carbons (Fsp3) is 0.190. The van der Waals surface area contributed by atoms with E-state index in [2.05, 4.69) is 10.4 Å². The predicted molar refractivity (Wildman–Crippen MR) is 110 cm³/mol. The van der Waals surface area contributed by atoms with Crippen molar-refractivity contribution in [2.24, 2.45) is 0 Å². The number of benzene rings is 2. The molecule has 150 valence electrons. The molecule has 0 aliphatic heterocycles. The van der Waals surface area contributed by atoms with Crippen molar-refractivity contribution in [2.45, 2.75) is 13.8 Å². The Labute approximate surface area is 173 Å². The molecule has 1 heterocycles. The number of hydrogen-bond donors (Lipinski definition) is 1. The number of aromatic nitrogens is 2. The first-order valence-corrected chi connectivity index (χ1v) is 9.36. The smallest absolute Gasteiger partial charge is 0.344 e. The average molecular weight is 414 g/mol. The Morgan fingerprint density at radius 3 is 2.72 bits per heavy atom. The summed E-state index contributed by atoms with van der Waals surface area (Å²) in [5, 5.41) is 7.69. The summed E-state index contributed by atoms with van der Waals surface area (Å²) >= 11 is 6.04. The van der Waals surface area contributed by atoms with Crippen LogP contribution in [0.1, 0.15) is 23.0 Å². The molecule has 8 heteroatoms. The minimum absolute atomic E-state index is 0.198. The summed E-state index contributed by atoms with van der Waals surface area (Å²) in [6.45, 7) is 3.63. The van der Waals surface area contributed by atoms with Crippen molar-refractivity contribution in [3.8, 4) is 11.4 Å². The van der Waals surface area contributed by atoms with E-state index in [0.29, 0.717) is 34.3 Å². The lowest BCUT2D eigenvalue weighted by Gasteiger charge is -2.09. The van der Waals surface area contributed by atoms with Gasteiger partial charge in [0.25, 0.3) is 5.91 Å². The fourth-order valence-corrected chi connectivity index (χ4v) is 2.89. The van der Waals surface area contributed by atoms with Gasteiger partial charge in [-0.25, -0.2) is 9.48 Å². The Morgan fingerprint density at radius 1 is 1.17 bits per heavy atom. The Hall–Kier alpha value is -3.32. The van der Waals surface area contributed by atoms with Gasteiger partial charge in [-0.15, -0.1) is 0 Å². The molecule has 0 saturated heterocycles. The molecule has 0 fully saturated rings. The summed E-state index contributed by atoms with van der Waals surface area (Å²) in [6, 6.07) is 14.0. The molecule has 0 aliphatic rings. The van der Waals surface area contributed by atoms with E-state index in [1.54, 1.807) is 48.0 Å². The molecule has 2 aromatic carbocycles. The van der Waals surface area contributed by atoms with Gasteiger partial charge >= 0.3 is 5.97 Å². The average Bonchev–Trinajstić information content (AvgIpc) is 3.08. The van der Waals surface area contributed by atoms with Crippen molar-refractivity contribution in [1.29, 1.82) is 0 Å². The van der Waals surface area contributed by atoms with Crippen LogP contribution in [0, 0.1) is 6.92 Å². The highest BCUT2D eigenvalue weighted by Crippen LogP contribution is 2.21. The Kier molecular flexibility index (Phi) is 6.51. The monoisotopic (exact) mass is 413 g/mol. The van der Waals surface area contributed by atoms with Gasteiger partial charge in [0.1, 0.15) is 5.75 Å². The van der Waals surface area contributed by atoms with Gasteiger partial charge < -0.3 is 14.8 Å². The third kappa shape index (κ3) is 5.14. The van der Waals surface area contributed by atoms with E-state index in [1.165, 1.54) is 6.20 Å². The summed E-state index contributed by atoms with van der Waals surface area (Å²) in [5.41, 5.74) is 2.41. The maximum atomic E-state index is 12.7. The van der Waals surface area contributed by atoms with E-state index < -0.39 is 5.97 Å². The molecule has 3 aromatic rings. The molecule has 7 nitrogen and oxygen atoms in total. The van der Waals surface area contributed by atoms with Gasteiger partial charge in [0.15, 0.2) is 6.61 Å². The first kappa shape index (κ1) is 20.4. The second-order valence-corrected chi connectivity index (χ2v) is 6.55. The maximum Gasteiger partial charge on any atom is 0.344 e. The summed E-state index contributed by atoms with van der Waals surface area (Å²) in [6.07, 6.45) is 1.51. The standard InChI is InChI=1S/C21H20ClN3O4/c1-3-28-20(26)13-29-18-9-5-7-16(11-18)24-21(27)19-12-23-25(14(19)2)17-8-4-6-15(22)10-17/h4-12H,3,13H2,1-2H3,(H,24,27). The molecular weight excluding hydrogens is 394 g/mol. The largest absolute Gasteiger partial charge is 0.482 e. The number of carbonyl (C=O) groups is 2. The quantitative estimate of drug-likeness (QED) is 0.591. The number of rotatable bonds is 7. The van der Waals surface area contributed by atoms with Gasteiger partial charge in [-0.05, 0) is 44.2 Å². The van der Waals surface area contributed by atoms with Crippen LogP contribution in [-0.4, -0.2) is 34.9 Å². The third-order valence-corrected chi connectivity index (χ3v) is 4.30. The lowest BCUT2D eigenvalue weighted by molar-refractivity contribution is -0.145. The zero-order valence-corrected chi connectivity index (χ0v) is 16.8. The van der Waals surface area contributed by atoms with Gasteiger partial charge in [-0.2, -0.15) is 5.10 Å². The van der Waals surface area contributed by atoms with E-state index in [1.807, 2.05) is 19.1 Å². The van der Waals surface area contributed by atoms with Gasteiger partial charge in [0.2, 0.25) is 0 Å². The van der Waals surface area contributed by atoms with Gasteiger partial charge in [0, 0.05) is 16.8 Å². The van der Waals surface area contributed by atoms with E-state index in [0.717, 1.165) is 5.69 Å². The number of ether oxygens (including phenoxy) is 2. The van der Waals surface area contributed by atoms with E-state index in [4.69, 9.17) is 21.1 Å². The van der Waals surface area contributed by atoms with E-state index in [-0.39, 0.29) is 12.5 Å². The zero-order valence-electron chi connectivity index (χ0n) is 16.0. The Balaban J connectivity index is 1.71. The molecule has 3 rings (SSSR count). The molecule has 0 spiro atoms. The minimum atomic E-state index is -0.453. The number of halogens is 1. The van der Waals surface area contributed by atoms with Crippen LogP contribution in [0.25, 0.3) is 5.69 Å². The SMILES string of the molecule is CCOC(=O)COc1cccc(NC(=O)c2cnn(-c3cccc(Cl)c3)c2C)c1. The molecule has 0 unspecified atom stereocenters. The van der Waals surface area contributed by atoms with Gasteiger partial charge in [-0.3, -0.25) is 4.79 Å². The summed E-state index contributed by atoms with van der Waals surface area (Å²) < 4.78 is 11.9. The second kappa shape index (κ2) is 9.25. The van der Waals surface area contributed by atoms with Crippen molar-refractivity contribution in [1.82, 2.24) is 9.78 Å². The first-order valence-electron chi connectivity index (χ1n) is 8.98. The second-order valence-electron chi connectivity index (χ2n) is 6.11. The van der Waals surface area contributed by atoms with Gasteiger partial charge in [0.05, 0.1) is 29.7 Å².